The fourth-order valence-corrected chi connectivity index (χ4v) is 3.40. The molecule has 0 atom stereocenters. The van der Waals surface area contributed by atoms with Crippen LogP contribution in [0.25, 0.3) is 10.9 Å². The fraction of sp³-hybridized carbons (Fsp3) is 0.0625. The Morgan fingerprint density at radius 3 is 2.70 bits per heavy atom. The normalized spacial score (nSPS) is 10.9. The highest BCUT2D eigenvalue weighted by Crippen LogP contribution is 2.36. The van der Waals surface area contributed by atoms with Gasteiger partial charge in [0.05, 0.1) is 5.52 Å². The summed E-state index contributed by atoms with van der Waals surface area (Å²) in [5, 5.41) is 0.984. The molecule has 1 aromatic heterocycles. The topological polar surface area (TPSA) is 38.9 Å². The monoisotopic (exact) mass is 344 g/mol. The maximum Gasteiger partial charge on any atom is 0.0862 e. The van der Waals surface area contributed by atoms with Crippen molar-refractivity contribution in [2.45, 2.75) is 16.7 Å². The van der Waals surface area contributed by atoms with Gasteiger partial charge in [-0.05, 0) is 52.7 Å². The maximum atomic E-state index is 6.05. The minimum atomic E-state index is 0.753. The summed E-state index contributed by atoms with van der Waals surface area (Å²) in [7, 11) is 0. The van der Waals surface area contributed by atoms with E-state index in [2.05, 4.69) is 52.1 Å². The van der Waals surface area contributed by atoms with E-state index in [1.165, 1.54) is 10.5 Å². The Labute approximate surface area is 130 Å². The first-order valence-corrected chi connectivity index (χ1v) is 7.83. The quantitative estimate of drug-likeness (QED) is 0.662. The molecular formula is C16H13BrN2S. The molecule has 3 rings (SSSR count). The van der Waals surface area contributed by atoms with E-state index in [9.17, 15) is 0 Å². The molecule has 0 fully saturated rings. The maximum absolute atomic E-state index is 6.05. The van der Waals surface area contributed by atoms with E-state index in [0.717, 1.165) is 26.0 Å². The van der Waals surface area contributed by atoms with Crippen molar-refractivity contribution in [1.82, 2.24) is 4.98 Å². The molecule has 100 valence electrons. The first-order valence-electron chi connectivity index (χ1n) is 6.22. The number of pyridine rings is 1. The smallest absolute Gasteiger partial charge is 0.0862 e. The van der Waals surface area contributed by atoms with E-state index < -0.39 is 0 Å². The second-order valence-electron chi connectivity index (χ2n) is 4.57. The Morgan fingerprint density at radius 2 is 1.90 bits per heavy atom. The van der Waals surface area contributed by atoms with Crippen molar-refractivity contribution in [1.29, 1.82) is 0 Å². The highest BCUT2D eigenvalue weighted by Gasteiger charge is 2.09. The van der Waals surface area contributed by atoms with Crippen LogP contribution in [0, 0.1) is 6.92 Å². The number of aryl methyl sites for hydroxylation is 1. The number of rotatable bonds is 2. The second-order valence-corrected chi connectivity index (χ2v) is 6.57. The number of nitrogens with two attached hydrogens (primary N) is 1. The van der Waals surface area contributed by atoms with Gasteiger partial charge in [0.2, 0.25) is 0 Å². The molecule has 20 heavy (non-hydrogen) atoms. The molecule has 0 aliphatic rings. The molecule has 3 aromatic rings. The molecule has 0 aliphatic heterocycles. The zero-order valence-corrected chi connectivity index (χ0v) is 13.3. The van der Waals surface area contributed by atoms with Crippen LogP contribution in [-0.2, 0) is 0 Å². The van der Waals surface area contributed by atoms with Crippen LogP contribution in [0.3, 0.4) is 0 Å². The van der Waals surface area contributed by atoms with E-state index in [4.69, 9.17) is 5.73 Å². The molecule has 2 aromatic carbocycles. The summed E-state index contributed by atoms with van der Waals surface area (Å²) in [6, 6.07) is 14.3. The molecule has 0 spiro atoms. The lowest BCUT2D eigenvalue weighted by Gasteiger charge is -2.09. The van der Waals surface area contributed by atoms with Crippen LogP contribution >= 0.6 is 27.7 Å². The molecule has 2 nitrogen and oxygen atoms in total. The Balaban J connectivity index is 2.13. The SMILES string of the molecule is Cc1ccccc1Sc1ccc(N)c2cc(Br)cnc12. The molecule has 0 radical (unpaired) electrons. The van der Waals surface area contributed by atoms with Gasteiger partial charge in [-0.15, -0.1) is 0 Å². The molecule has 2 N–H and O–H groups in total. The molecule has 0 amide bonds. The average Bonchev–Trinajstić information content (AvgIpc) is 2.44. The van der Waals surface area contributed by atoms with Crippen molar-refractivity contribution in [2.75, 3.05) is 5.73 Å². The van der Waals surface area contributed by atoms with E-state index >= 15 is 0 Å². The number of nitrogen functional groups attached to an aromatic ring is 1. The van der Waals surface area contributed by atoms with Crippen LogP contribution in [0.1, 0.15) is 5.56 Å². The molecule has 0 saturated carbocycles. The molecule has 0 saturated heterocycles. The first kappa shape index (κ1) is 13.5. The number of hydrogen-bond donors (Lipinski definition) is 1. The van der Waals surface area contributed by atoms with Crippen molar-refractivity contribution >= 4 is 44.3 Å². The molecule has 0 unspecified atom stereocenters. The van der Waals surface area contributed by atoms with E-state index in [1.807, 2.05) is 24.4 Å². The predicted octanol–water partition coefficient (Wildman–Crippen LogP) is 5.04. The molecule has 1 heterocycles. The van der Waals surface area contributed by atoms with Gasteiger partial charge in [-0.1, -0.05) is 30.0 Å². The number of aromatic nitrogens is 1. The predicted molar refractivity (Wildman–Crippen MR) is 89.2 cm³/mol. The standard InChI is InChI=1S/C16H13BrN2S/c1-10-4-2-3-5-14(10)20-15-7-6-13(18)12-8-11(17)9-19-16(12)15/h2-9H,18H2,1H3. The Hall–Kier alpha value is -1.52. The number of fused-ring (bicyclic) bond motifs is 1. The van der Waals surface area contributed by atoms with Gasteiger partial charge in [0.15, 0.2) is 0 Å². The van der Waals surface area contributed by atoms with Crippen LogP contribution in [0.4, 0.5) is 5.69 Å². The van der Waals surface area contributed by atoms with Gasteiger partial charge in [-0.25, -0.2) is 0 Å². The van der Waals surface area contributed by atoms with Crippen LogP contribution in [0.5, 0.6) is 0 Å². The molecule has 0 aliphatic carbocycles. The third-order valence-electron chi connectivity index (χ3n) is 3.13. The molecule has 0 bridgehead atoms. The van der Waals surface area contributed by atoms with Crippen LogP contribution in [-0.4, -0.2) is 4.98 Å². The number of hydrogen-bond acceptors (Lipinski definition) is 3. The number of nitrogens with zero attached hydrogens (tertiary/aromatic N) is 1. The zero-order valence-electron chi connectivity index (χ0n) is 10.9. The van der Waals surface area contributed by atoms with Gasteiger partial charge in [-0.3, -0.25) is 4.98 Å². The third-order valence-corrected chi connectivity index (χ3v) is 4.79. The molecule has 4 heteroatoms. The van der Waals surface area contributed by atoms with E-state index in [1.54, 1.807) is 11.8 Å². The van der Waals surface area contributed by atoms with Crippen molar-refractivity contribution in [3.8, 4) is 0 Å². The largest absolute Gasteiger partial charge is 0.398 e. The van der Waals surface area contributed by atoms with Crippen LogP contribution in [0.15, 0.2) is 62.9 Å². The van der Waals surface area contributed by atoms with Gasteiger partial charge in [0, 0.05) is 31.5 Å². The van der Waals surface area contributed by atoms with Gasteiger partial charge in [0.25, 0.3) is 0 Å². The number of anilines is 1. The lowest BCUT2D eigenvalue weighted by atomic mass is 10.2. The van der Waals surface area contributed by atoms with E-state index in [0.29, 0.717) is 0 Å². The summed E-state index contributed by atoms with van der Waals surface area (Å²) in [5.74, 6) is 0. The van der Waals surface area contributed by atoms with Gasteiger partial charge in [0.1, 0.15) is 0 Å². The van der Waals surface area contributed by atoms with Crippen LogP contribution in [0.2, 0.25) is 0 Å². The lowest BCUT2D eigenvalue weighted by Crippen LogP contribution is -1.91. The minimum Gasteiger partial charge on any atom is -0.398 e. The minimum absolute atomic E-state index is 0.753. The van der Waals surface area contributed by atoms with Gasteiger partial charge in [-0.2, -0.15) is 0 Å². The van der Waals surface area contributed by atoms with Crippen molar-refractivity contribution < 1.29 is 0 Å². The Bertz CT molecular complexity index is 787. The summed E-state index contributed by atoms with van der Waals surface area (Å²) in [6.07, 6.45) is 1.81. The second kappa shape index (κ2) is 5.46. The van der Waals surface area contributed by atoms with Crippen molar-refractivity contribution in [3.05, 3.63) is 58.7 Å². The third kappa shape index (κ3) is 2.53. The first-order chi connectivity index (χ1) is 9.65. The Kier molecular flexibility index (Phi) is 3.68. The zero-order chi connectivity index (χ0) is 14.1. The number of halogens is 1. The number of benzene rings is 2. The highest BCUT2D eigenvalue weighted by molar-refractivity contribution is 9.10. The summed E-state index contributed by atoms with van der Waals surface area (Å²) in [6.45, 7) is 2.12. The lowest BCUT2D eigenvalue weighted by molar-refractivity contribution is 1.29. The summed E-state index contributed by atoms with van der Waals surface area (Å²) in [4.78, 5) is 6.88. The van der Waals surface area contributed by atoms with Gasteiger partial charge >= 0.3 is 0 Å². The summed E-state index contributed by atoms with van der Waals surface area (Å²) >= 11 is 5.17. The van der Waals surface area contributed by atoms with Crippen molar-refractivity contribution in [2.24, 2.45) is 0 Å². The van der Waals surface area contributed by atoms with E-state index in [-0.39, 0.29) is 0 Å². The molecular weight excluding hydrogens is 332 g/mol. The summed E-state index contributed by atoms with van der Waals surface area (Å²) in [5.41, 5.74) is 9.01. The fourth-order valence-electron chi connectivity index (χ4n) is 2.06. The average molecular weight is 345 g/mol. The van der Waals surface area contributed by atoms with Gasteiger partial charge < -0.3 is 5.73 Å². The summed E-state index contributed by atoms with van der Waals surface area (Å²) < 4.78 is 0.940. The van der Waals surface area contributed by atoms with Crippen molar-refractivity contribution in [3.63, 3.8) is 0 Å². The Morgan fingerprint density at radius 1 is 1.10 bits per heavy atom. The highest BCUT2D eigenvalue weighted by atomic mass is 79.9. The van der Waals surface area contributed by atoms with Crippen LogP contribution < -0.4 is 5.73 Å².